The molecule has 0 bridgehead atoms. The Kier molecular flexibility index (Phi) is 2.05. The van der Waals surface area contributed by atoms with Crippen LogP contribution in [0.1, 0.15) is 26.2 Å². The van der Waals surface area contributed by atoms with Gasteiger partial charge < -0.3 is 4.74 Å². The third-order valence-corrected chi connectivity index (χ3v) is 2.94. The molecule has 0 radical (unpaired) electrons. The smallest absolute Gasteiger partial charge is 0.0686 e. The second-order valence-corrected chi connectivity index (χ2v) is 3.88. The molecule has 2 rings (SSSR count). The first kappa shape index (κ1) is 8.06. The van der Waals surface area contributed by atoms with E-state index in [1.165, 1.54) is 36.0 Å². The van der Waals surface area contributed by atoms with Gasteiger partial charge in [0.1, 0.15) is 0 Å². The number of hydrogen-bond acceptors (Lipinski definition) is 1. The summed E-state index contributed by atoms with van der Waals surface area (Å²) in [7, 11) is 0. The van der Waals surface area contributed by atoms with E-state index < -0.39 is 0 Å². The van der Waals surface area contributed by atoms with Gasteiger partial charge in [-0.2, -0.15) is 0 Å². The van der Waals surface area contributed by atoms with Gasteiger partial charge in [0.2, 0.25) is 0 Å². The summed E-state index contributed by atoms with van der Waals surface area (Å²) in [5.41, 5.74) is 4.42. The SMILES string of the molecule is C=C1CCC/C1=C1\COCC1C. The van der Waals surface area contributed by atoms with Crippen LogP contribution in [0.15, 0.2) is 23.3 Å². The molecule has 0 aromatic heterocycles. The first-order valence-electron chi connectivity index (χ1n) is 4.77. The number of ether oxygens (including phenoxy) is 1. The third-order valence-electron chi connectivity index (χ3n) is 2.94. The summed E-state index contributed by atoms with van der Waals surface area (Å²) in [5, 5.41) is 0. The van der Waals surface area contributed by atoms with E-state index in [0.717, 1.165) is 13.2 Å². The van der Waals surface area contributed by atoms with Crippen LogP contribution in [0.4, 0.5) is 0 Å². The molecule has 0 spiro atoms. The molecule has 2 fully saturated rings. The van der Waals surface area contributed by atoms with Crippen molar-refractivity contribution >= 4 is 0 Å². The zero-order valence-corrected chi connectivity index (χ0v) is 7.73. The molecule has 1 atom stereocenters. The van der Waals surface area contributed by atoms with Crippen molar-refractivity contribution in [3.8, 4) is 0 Å². The van der Waals surface area contributed by atoms with Crippen LogP contribution in [0.5, 0.6) is 0 Å². The summed E-state index contributed by atoms with van der Waals surface area (Å²) in [6, 6.07) is 0. The van der Waals surface area contributed by atoms with Crippen molar-refractivity contribution in [3.63, 3.8) is 0 Å². The van der Waals surface area contributed by atoms with E-state index in [-0.39, 0.29) is 0 Å². The lowest BCUT2D eigenvalue weighted by Crippen LogP contribution is -1.98. The molecule has 1 nitrogen and oxygen atoms in total. The lowest BCUT2D eigenvalue weighted by atomic mass is 9.96. The van der Waals surface area contributed by atoms with Crippen molar-refractivity contribution in [1.82, 2.24) is 0 Å². The van der Waals surface area contributed by atoms with Crippen LogP contribution in [-0.2, 0) is 4.74 Å². The fourth-order valence-corrected chi connectivity index (χ4v) is 2.17. The largest absolute Gasteiger partial charge is 0.376 e. The number of rotatable bonds is 0. The van der Waals surface area contributed by atoms with Gasteiger partial charge >= 0.3 is 0 Å². The molecule has 0 aromatic carbocycles. The van der Waals surface area contributed by atoms with Gasteiger partial charge in [0.25, 0.3) is 0 Å². The second kappa shape index (κ2) is 3.06. The van der Waals surface area contributed by atoms with Gasteiger partial charge in [0, 0.05) is 5.92 Å². The standard InChI is InChI=1S/C11H16O/c1-8-4-3-5-10(8)11-7-12-6-9(11)2/h9H,1,3-7H2,2H3/b11-10-. The quantitative estimate of drug-likeness (QED) is 0.535. The maximum atomic E-state index is 5.43. The average molecular weight is 164 g/mol. The summed E-state index contributed by atoms with van der Waals surface area (Å²) in [5.74, 6) is 0.634. The molecule has 2 aliphatic rings. The topological polar surface area (TPSA) is 9.23 Å². The van der Waals surface area contributed by atoms with Crippen molar-refractivity contribution in [1.29, 1.82) is 0 Å². The summed E-state index contributed by atoms with van der Waals surface area (Å²) >= 11 is 0. The van der Waals surface area contributed by atoms with Crippen LogP contribution in [0.2, 0.25) is 0 Å². The predicted octanol–water partition coefficient (Wildman–Crippen LogP) is 2.69. The maximum Gasteiger partial charge on any atom is 0.0686 e. The van der Waals surface area contributed by atoms with E-state index in [1.807, 2.05) is 0 Å². The minimum Gasteiger partial charge on any atom is -0.376 e. The Balaban J connectivity index is 2.28. The number of allylic oxidation sites excluding steroid dienone is 2. The summed E-state index contributed by atoms with van der Waals surface area (Å²) in [4.78, 5) is 0. The van der Waals surface area contributed by atoms with Crippen molar-refractivity contribution in [2.45, 2.75) is 26.2 Å². The highest BCUT2D eigenvalue weighted by Crippen LogP contribution is 2.35. The van der Waals surface area contributed by atoms with Gasteiger partial charge in [0.15, 0.2) is 0 Å². The van der Waals surface area contributed by atoms with Crippen molar-refractivity contribution < 1.29 is 4.74 Å². The molecule has 12 heavy (non-hydrogen) atoms. The molecule has 1 aliphatic heterocycles. The van der Waals surface area contributed by atoms with E-state index in [4.69, 9.17) is 4.74 Å². The zero-order chi connectivity index (χ0) is 8.55. The Morgan fingerprint density at radius 3 is 2.75 bits per heavy atom. The van der Waals surface area contributed by atoms with Crippen molar-refractivity contribution in [2.75, 3.05) is 13.2 Å². The van der Waals surface area contributed by atoms with Crippen LogP contribution in [0.3, 0.4) is 0 Å². The van der Waals surface area contributed by atoms with E-state index >= 15 is 0 Å². The second-order valence-electron chi connectivity index (χ2n) is 3.88. The molecule has 1 aliphatic carbocycles. The van der Waals surface area contributed by atoms with E-state index in [1.54, 1.807) is 0 Å². The fraction of sp³-hybridized carbons (Fsp3) is 0.636. The minimum atomic E-state index is 0.634. The number of hydrogen-bond donors (Lipinski definition) is 0. The molecule has 1 saturated carbocycles. The van der Waals surface area contributed by atoms with Crippen LogP contribution >= 0.6 is 0 Å². The molecular weight excluding hydrogens is 148 g/mol. The van der Waals surface area contributed by atoms with Crippen LogP contribution in [0.25, 0.3) is 0 Å². The average Bonchev–Trinajstić information content (AvgIpc) is 2.59. The predicted molar refractivity (Wildman–Crippen MR) is 50.0 cm³/mol. The van der Waals surface area contributed by atoms with Gasteiger partial charge in [-0.05, 0) is 30.4 Å². The summed E-state index contributed by atoms with van der Waals surface area (Å²) in [6.45, 7) is 8.12. The zero-order valence-electron chi connectivity index (χ0n) is 7.73. The third kappa shape index (κ3) is 1.22. The molecule has 66 valence electrons. The van der Waals surface area contributed by atoms with Crippen molar-refractivity contribution in [3.05, 3.63) is 23.3 Å². The Bertz CT molecular complexity index is 237. The lowest BCUT2D eigenvalue weighted by molar-refractivity contribution is 0.191. The molecular formula is C11H16O. The monoisotopic (exact) mass is 164 g/mol. The van der Waals surface area contributed by atoms with Gasteiger partial charge in [-0.1, -0.05) is 19.1 Å². The Hall–Kier alpha value is -0.560. The van der Waals surface area contributed by atoms with Gasteiger partial charge in [0.05, 0.1) is 13.2 Å². The van der Waals surface area contributed by atoms with E-state index in [0.29, 0.717) is 5.92 Å². The highest BCUT2D eigenvalue weighted by molar-refractivity contribution is 5.38. The van der Waals surface area contributed by atoms with Crippen LogP contribution < -0.4 is 0 Å². The Morgan fingerprint density at radius 1 is 1.42 bits per heavy atom. The minimum absolute atomic E-state index is 0.634. The van der Waals surface area contributed by atoms with Crippen LogP contribution in [-0.4, -0.2) is 13.2 Å². The lowest BCUT2D eigenvalue weighted by Gasteiger charge is -2.07. The molecule has 1 heteroatoms. The summed E-state index contributed by atoms with van der Waals surface area (Å²) < 4.78 is 5.43. The Morgan fingerprint density at radius 2 is 2.25 bits per heavy atom. The highest BCUT2D eigenvalue weighted by Gasteiger charge is 2.24. The molecule has 1 saturated heterocycles. The first-order chi connectivity index (χ1) is 5.79. The summed E-state index contributed by atoms with van der Waals surface area (Å²) in [6.07, 6.45) is 3.73. The normalized spacial score (nSPS) is 36.4. The molecule has 1 unspecified atom stereocenters. The maximum absolute atomic E-state index is 5.43. The van der Waals surface area contributed by atoms with Gasteiger partial charge in [-0.25, -0.2) is 0 Å². The Labute approximate surface area is 74.1 Å². The highest BCUT2D eigenvalue weighted by atomic mass is 16.5. The van der Waals surface area contributed by atoms with Gasteiger partial charge in [-0.3, -0.25) is 0 Å². The van der Waals surface area contributed by atoms with Crippen LogP contribution in [0, 0.1) is 5.92 Å². The van der Waals surface area contributed by atoms with E-state index in [2.05, 4.69) is 13.5 Å². The van der Waals surface area contributed by atoms with E-state index in [9.17, 15) is 0 Å². The molecule has 1 heterocycles. The molecule has 0 aromatic rings. The fourth-order valence-electron chi connectivity index (χ4n) is 2.17. The van der Waals surface area contributed by atoms with Gasteiger partial charge in [-0.15, -0.1) is 0 Å². The molecule has 0 amide bonds. The van der Waals surface area contributed by atoms with Crippen molar-refractivity contribution in [2.24, 2.45) is 5.92 Å². The molecule has 0 N–H and O–H groups in total. The first-order valence-corrected chi connectivity index (χ1v) is 4.77.